The quantitative estimate of drug-likeness (QED) is 0.807. The minimum atomic E-state index is -3.78. The number of carbonyl (C=O) groups is 1. The molecule has 1 N–H and O–H groups in total. The lowest BCUT2D eigenvalue weighted by molar-refractivity contribution is -0.141. The zero-order chi connectivity index (χ0) is 17.0. The topological polar surface area (TPSA) is 72.5 Å². The third-order valence-electron chi connectivity index (χ3n) is 3.15. The van der Waals surface area contributed by atoms with Crippen LogP contribution in [0.1, 0.15) is 22.9 Å². The van der Waals surface area contributed by atoms with Gasteiger partial charge in [-0.3, -0.25) is 4.79 Å². The molecule has 1 aromatic carbocycles. The summed E-state index contributed by atoms with van der Waals surface area (Å²) in [6.45, 7) is 1.80. The largest absolute Gasteiger partial charge is 0.469 e. The molecule has 124 valence electrons. The Morgan fingerprint density at radius 3 is 2.43 bits per heavy atom. The SMILES string of the molecule is COC(=O)C[C@@H](NS(=O)(=O)c1ccc(C)s1)c1ccc(F)cc1. The molecule has 1 atom stereocenters. The number of carbonyl (C=O) groups excluding carboxylic acids is 1. The minimum Gasteiger partial charge on any atom is -0.469 e. The lowest BCUT2D eigenvalue weighted by Gasteiger charge is -2.17. The summed E-state index contributed by atoms with van der Waals surface area (Å²) in [7, 11) is -2.56. The van der Waals surface area contributed by atoms with Gasteiger partial charge in [-0.05, 0) is 36.8 Å². The van der Waals surface area contributed by atoms with Gasteiger partial charge in [0.2, 0.25) is 0 Å². The molecule has 0 aliphatic heterocycles. The van der Waals surface area contributed by atoms with Crippen LogP contribution in [0.2, 0.25) is 0 Å². The molecule has 2 aromatic rings. The van der Waals surface area contributed by atoms with E-state index in [4.69, 9.17) is 0 Å². The lowest BCUT2D eigenvalue weighted by Crippen LogP contribution is -2.30. The van der Waals surface area contributed by atoms with Gasteiger partial charge in [-0.1, -0.05) is 12.1 Å². The van der Waals surface area contributed by atoms with Gasteiger partial charge in [-0.2, -0.15) is 0 Å². The van der Waals surface area contributed by atoms with E-state index in [9.17, 15) is 17.6 Å². The van der Waals surface area contributed by atoms with E-state index in [0.29, 0.717) is 5.56 Å². The molecule has 0 bridgehead atoms. The molecule has 5 nitrogen and oxygen atoms in total. The van der Waals surface area contributed by atoms with Crippen LogP contribution in [0.25, 0.3) is 0 Å². The van der Waals surface area contributed by atoms with E-state index in [0.717, 1.165) is 16.2 Å². The summed E-state index contributed by atoms with van der Waals surface area (Å²) in [4.78, 5) is 12.4. The number of benzene rings is 1. The van der Waals surface area contributed by atoms with Crippen LogP contribution in [0.4, 0.5) is 4.39 Å². The van der Waals surface area contributed by atoms with E-state index >= 15 is 0 Å². The zero-order valence-corrected chi connectivity index (χ0v) is 14.2. The second-order valence-corrected chi connectivity index (χ2v) is 8.10. The van der Waals surface area contributed by atoms with Crippen molar-refractivity contribution in [2.24, 2.45) is 0 Å². The van der Waals surface area contributed by atoms with Crippen LogP contribution in [0, 0.1) is 12.7 Å². The van der Waals surface area contributed by atoms with Crippen molar-refractivity contribution < 1.29 is 22.3 Å². The highest BCUT2D eigenvalue weighted by molar-refractivity contribution is 7.91. The number of halogens is 1. The van der Waals surface area contributed by atoms with Crippen LogP contribution < -0.4 is 4.72 Å². The van der Waals surface area contributed by atoms with Crippen molar-refractivity contribution in [3.05, 3.63) is 52.7 Å². The molecule has 0 saturated heterocycles. The molecule has 2 rings (SSSR count). The van der Waals surface area contributed by atoms with Crippen LogP contribution in [0.15, 0.2) is 40.6 Å². The van der Waals surface area contributed by atoms with Crippen molar-refractivity contribution in [1.29, 1.82) is 0 Å². The molecule has 0 amide bonds. The lowest BCUT2D eigenvalue weighted by atomic mass is 10.1. The molecule has 23 heavy (non-hydrogen) atoms. The number of nitrogens with one attached hydrogen (secondary N) is 1. The molecule has 0 spiro atoms. The molecule has 0 saturated carbocycles. The summed E-state index contributed by atoms with van der Waals surface area (Å²) in [5.41, 5.74) is 0.480. The maximum Gasteiger partial charge on any atom is 0.307 e. The van der Waals surface area contributed by atoms with E-state index in [-0.39, 0.29) is 10.6 Å². The number of aryl methyl sites for hydroxylation is 1. The van der Waals surface area contributed by atoms with Gasteiger partial charge >= 0.3 is 5.97 Å². The molecule has 8 heteroatoms. The summed E-state index contributed by atoms with van der Waals surface area (Å²) in [5, 5.41) is 0. The fourth-order valence-corrected chi connectivity index (χ4v) is 4.50. The normalized spacial score (nSPS) is 12.8. The summed E-state index contributed by atoms with van der Waals surface area (Å²) in [6, 6.07) is 7.66. The molecule has 0 fully saturated rings. The maximum absolute atomic E-state index is 13.1. The number of methoxy groups -OCH3 is 1. The van der Waals surface area contributed by atoms with Crippen molar-refractivity contribution in [2.45, 2.75) is 23.6 Å². The first-order valence-electron chi connectivity index (χ1n) is 6.73. The van der Waals surface area contributed by atoms with Crippen LogP contribution in [-0.2, 0) is 19.6 Å². The summed E-state index contributed by atoms with van der Waals surface area (Å²) in [6.07, 6.45) is -0.189. The summed E-state index contributed by atoms with van der Waals surface area (Å²) >= 11 is 1.13. The van der Waals surface area contributed by atoms with E-state index in [1.54, 1.807) is 13.0 Å². The Morgan fingerprint density at radius 1 is 1.26 bits per heavy atom. The third-order valence-corrected chi connectivity index (χ3v) is 6.11. The van der Waals surface area contributed by atoms with E-state index in [1.165, 1.54) is 37.4 Å². The zero-order valence-electron chi connectivity index (χ0n) is 12.6. The molecular weight excluding hydrogens is 341 g/mol. The van der Waals surface area contributed by atoms with Crippen molar-refractivity contribution >= 4 is 27.3 Å². The molecule has 1 heterocycles. The van der Waals surface area contributed by atoms with Gasteiger partial charge in [0.15, 0.2) is 0 Å². The average Bonchev–Trinajstić information content (AvgIpc) is 2.94. The van der Waals surface area contributed by atoms with Gasteiger partial charge in [0.05, 0.1) is 19.6 Å². The number of hydrogen-bond donors (Lipinski definition) is 1. The van der Waals surface area contributed by atoms with Gasteiger partial charge in [-0.15, -0.1) is 11.3 Å². The monoisotopic (exact) mass is 357 g/mol. The van der Waals surface area contributed by atoms with Crippen molar-refractivity contribution in [3.63, 3.8) is 0 Å². The fraction of sp³-hybridized carbons (Fsp3) is 0.267. The smallest absolute Gasteiger partial charge is 0.307 e. The highest BCUT2D eigenvalue weighted by Crippen LogP contribution is 2.25. The Hall–Kier alpha value is -1.77. The number of hydrogen-bond acceptors (Lipinski definition) is 5. The predicted octanol–water partition coefficient (Wildman–Crippen LogP) is 2.78. The van der Waals surface area contributed by atoms with Gasteiger partial charge in [0.25, 0.3) is 10.0 Å². The molecule has 0 aliphatic rings. The van der Waals surface area contributed by atoms with Crippen LogP contribution >= 0.6 is 11.3 Å². The third kappa shape index (κ3) is 4.60. The second kappa shape index (κ2) is 7.20. The van der Waals surface area contributed by atoms with Gasteiger partial charge in [0, 0.05) is 4.88 Å². The predicted molar refractivity (Wildman–Crippen MR) is 85.2 cm³/mol. The Labute approximate surface area is 138 Å². The van der Waals surface area contributed by atoms with Crippen molar-refractivity contribution in [2.75, 3.05) is 7.11 Å². The Kier molecular flexibility index (Phi) is 5.51. The number of esters is 1. The fourth-order valence-electron chi connectivity index (χ4n) is 1.97. The molecule has 0 radical (unpaired) electrons. The Morgan fingerprint density at radius 2 is 1.91 bits per heavy atom. The number of rotatable bonds is 6. The van der Waals surface area contributed by atoms with Gasteiger partial charge in [0.1, 0.15) is 10.0 Å². The van der Waals surface area contributed by atoms with E-state index < -0.39 is 27.9 Å². The van der Waals surface area contributed by atoms with Crippen molar-refractivity contribution in [1.82, 2.24) is 4.72 Å². The first-order valence-corrected chi connectivity index (χ1v) is 9.03. The van der Waals surface area contributed by atoms with Crippen molar-refractivity contribution in [3.8, 4) is 0 Å². The molecular formula is C15H16FNO4S2. The Balaban J connectivity index is 2.30. The molecule has 0 unspecified atom stereocenters. The van der Waals surface area contributed by atoms with Crippen LogP contribution in [0.3, 0.4) is 0 Å². The number of thiophene rings is 1. The Bertz CT molecular complexity index is 784. The summed E-state index contributed by atoms with van der Waals surface area (Å²) in [5.74, 6) is -1.01. The average molecular weight is 357 g/mol. The van der Waals surface area contributed by atoms with Crippen LogP contribution in [0.5, 0.6) is 0 Å². The van der Waals surface area contributed by atoms with E-state index in [1.807, 2.05) is 0 Å². The van der Waals surface area contributed by atoms with Crippen LogP contribution in [-0.4, -0.2) is 21.5 Å². The first kappa shape index (κ1) is 17.6. The second-order valence-electron chi connectivity index (χ2n) is 4.87. The highest BCUT2D eigenvalue weighted by atomic mass is 32.2. The number of ether oxygens (including phenoxy) is 1. The first-order chi connectivity index (χ1) is 10.8. The molecule has 0 aliphatic carbocycles. The summed E-state index contributed by atoms with van der Waals surface area (Å²) < 4.78 is 45.2. The number of sulfonamides is 1. The maximum atomic E-state index is 13.1. The van der Waals surface area contributed by atoms with E-state index in [2.05, 4.69) is 9.46 Å². The van der Waals surface area contributed by atoms with Gasteiger partial charge < -0.3 is 4.74 Å². The minimum absolute atomic E-state index is 0.159. The standard InChI is InChI=1S/C15H16FNO4S2/c1-10-3-8-15(22-10)23(19,20)17-13(9-14(18)21-2)11-4-6-12(16)7-5-11/h3-8,13,17H,9H2,1-2H3/t13-/m1/s1. The van der Waals surface area contributed by atoms with Gasteiger partial charge in [-0.25, -0.2) is 17.5 Å². The molecule has 1 aromatic heterocycles. The highest BCUT2D eigenvalue weighted by Gasteiger charge is 2.25.